The van der Waals surface area contributed by atoms with Crippen LogP contribution >= 0.6 is 15.9 Å². The lowest BCUT2D eigenvalue weighted by atomic mass is 10.2. The van der Waals surface area contributed by atoms with Gasteiger partial charge in [-0.15, -0.1) is 0 Å². The van der Waals surface area contributed by atoms with Crippen LogP contribution in [0.15, 0.2) is 35.5 Å². The van der Waals surface area contributed by atoms with Gasteiger partial charge in [0.25, 0.3) is 0 Å². The lowest BCUT2D eigenvalue weighted by Gasteiger charge is -2.09. The lowest BCUT2D eigenvalue weighted by molar-refractivity contribution is 0.0675. The van der Waals surface area contributed by atoms with Gasteiger partial charge in [-0.1, -0.05) is 23.4 Å². The number of hydrogen-bond acceptors (Lipinski definition) is 3. The van der Waals surface area contributed by atoms with Crippen LogP contribution in [0, 0.1) is 0 Å². The molecule has 0 saturated carbocycles. The molecule has 0 fully saturated rings. The van der Waals surface area contributed by atoms with Crippen molar-refractivity contribution in [3.05, 3.63) is 30.3 Å². The molecule has 1 aliphatic rings. The molecule has 1 heterocycles. The summed E-state index contributed by atoms with van der Waals surface area (Å²) in [6.45, 7) is 0.657. The Labute approximate surface area is 97.2 Å². The molecule has 0 radical (unpaired) electrons. The molecule has 1 aromatic carbocycles. The van der Waals surface area contributed by atoms with Gasteiger partial charge in [-0.2, -0.15) is 0 Å². The van der Waals surface area contributed by atoms with Crippen molar-refractivity contribution < 1.29 is 9.57 Å². The number of halogens is 1. The summed E-state index contributed by atoms with van der Waals surface area (Å²) in [5, 5.41) is 3.82. The van der Waals surface area contributed by atoms with E-state index in [1.54, 1.807) is 0 Å². The van der Waals surface area contributed by atoms with Crippen LogP contribution in [0.2, 0.25) is 0 Å². The van der Waals surface area contributed by atoms with E-state index in [0.717, 1.165) is 23.2 Å². The van der Waals surface area contributed by atoms with E-state index in [1.165, 1.54) is 0 Å². The third-order valence-electron chi connectivity index (χ3n) is 2.15. The van der Waals surface area contributed by atoms with Gasteiger partial charge in [0.1, 0.15) is 16.5 Å². The number of oxime groups is 1. The zero-order chi connectivity index (χ0) is 10.5. The zero-order valence-corrected chi connectivity index (χ0v) is 9.81. The maximum Gasteiger partial charge on any atom is 0.137 e. The van der Waals surface area contributed by atoms with Crippen molar-refractivity contribution in [3.8, 4) is 5.75 Å². The van der Waals surface area contributed by atoms with Crippen LogP contribution < -0.4 is 4.74 Å². The first-order chi connectivity index (χ1) is 7.34. The highest BCUT2D eigenvalue weighted by atomic mass is 79.9. The Hall–Kier alpha value is -1.03. The van der Waals surface area contributed by atoms with E-state index in [0.29, 0.717) is 6.61 Å². The first-order valence-electron chi connectivity index (χ1n) is 4.90. The molecule has 0 aromatic heterocycles. The maximum atomic E-state index is 5.56. The summed E-state index contributed by atoms with van der Waals surface area (Å²) in [5.74, 6) is 0.899. The van der Waals surface area contributed by atoms with E-state index in [1.807, 2.05) is 30.3 Å². The number of para-hydroxylation sites is 1. The number of nitrogens with zero attached hydrogens (tertiary/aromatic N) is 1. The minimum absolute atomic E-state index is 0.156. The molecule has 80 valence electrons. The molecule has 0 unspecified atom stereocenters. The topological polar surface area (TPSA) is 30.8 Å². The van der Waals surface area contributed by atoms with E-state index in [2.05, 4.69) is 21.1 Å². The highest BCUT2D eigenvalue weighted by Crippen LogP contribution is 2.17. The van der Waals surface area contributed by atoms with Crippen LogP contribution in [0.3, 0.4) is 0 Å². The summed E-state index contributed by atoms with van der Waals surface area (Å²) >= 11 is 3.30. The third-order valence-corrected chi connectivity index (χ3v) is 2.62. The van der Waals surface area contributed by atoms with Gasteiger partial charge in [0.2, 0.25) is 0 Å². The second-order valence-corrected chi connectivity index (χ2v) is 4.26. The largest absolute Gasteiger partial charge is 0.493 e. The lowest BCUT2D eigenvalue weighted by Crippen LogP contribution is -2.11. The molecule has 0 N–H and O–H groups in total. The van der Waals surface area contributed by atoms with Gasteiger partial charge in [-0.25, -0.2) is 0 Å². The van der Waals surface area contributed by atoms with Gasteiger partial charge in [-0.05, 0) is 28.1 Å². The average Bonchev–Trinajstić information content (AvgIpc) is 2.66. The Morgan fingerprint density at radius 2 is 2.20 bits per heavy atom. The summed E-state index contributed by atoms with van der Waals surface area (Å²) < 4.78 is 6.44. The van der Waals surface area contributed by atoms with Crippen molar-refractivity contribution in [2.45, 2.75) is 18.9 Å². The van der Waals surface area contributed by atoms with Crippen LogP contribution in [0.4, 0.5) is 0 Å². The van der Waals surface area contributed by atoms with Crippen LogP contribution in [0.1, 0.15) is 12.8 Å². The number of ether oxygens (including phenoxy) is 1. The predicted octanol–water partition coefficient (Wildman–Crippen LogP) is 2.95. The van der Waals surface area contributed by atoms with Crippen molar-refractivity contribution >= 4 is 20.6 Å². The molecular formula is C11H12BrNO2. The summed E-state index contributed by atoms with van der Waals surface area (Å²) in [6, 6.07) is 9.78. The monoisotopic (exact) mass is 269 g/mol. The summed E-state index contributed by atoms with van der Waals surface area (Å²) in [7, 11) is 0. The van der Waals surface area contributed by atoms with Crippen LogP contribution in [0.25, 0.3) is 0 Å². The first-order valence-corrected chi connectivity index (χ1v) is 5.70. The van der Waals surface area contributed by atoms with E-state index >= 15 is 0 Å². The van der Waals surface area contributed by atoms with Crippen molar-refractivity contribution in [3.63, 3.8) is 0 Å². The van der Waals surface area contributed by atoms with Gasteiger partial charge in [0.05, 0.1) is 6.61 Å². The molecule has 0 spiro atoms. The Balaban J connectivity index is 1.68. The Kier molecular flexibility index (Phi) is 3.61. The van der Waals surface area contributed by atoms with Crippen LogP contribution in [-0.2, 0) is 4.84 Å². The fourth-order valence-electron chi connectivity index (χ4n) is 1.37. The molecule has 15 heavy (non-hydrogen) atoms. The smallest absolute Gasteiger partial charge is 0.137 e. The van der Waals surface area contributed by atoms with Crippen molar-refractivity contribution in [1.29, 1.82) is 0 Å². The van der Waals surface area contributed by atoms with Gasteiger partial charge in [-0.3, -0.25) is 0 Å². The first kappa shape index (κ1) is 10.5. The standard InChI is InChI=1S/C11H12BrNO2/c12-11-8-10(15-13-11)6-7-14-9-4-2-1-3-5-9/h1-5,10H,6-8H2/t10-/m1/s1. The quantitative estimate of drug-likeness (QED) is 0.842. The average molecular weight is 270 g/mol. The summed E-state index contributed by atoms with van der Waals surface area (Å²) in [5.41, 5.74) is 0. The number of benzene rings is 1. The Morgan fingerprint density at radius 3 is 2.87 bits per heavy atom. The van der Waals surface area contributed by atoms with Gasteiger partial charge in [0, 0.05) is 12.8 Å². The molecule has 0 aliphatic carbocycles. The van der Waals surface area contributed by atoms with E-state index in [9.17, 15) is 0 Å². The molecule has 0 amide bonds. The Bertz CT molecular complexity index is 340. The highest BCUT2D eigenvalue weighted by molar-refractivity contribution is 9.18. The predicted molar refractivity (Wildman–Crippen MR) is 62.4 cm³/mol. The highest BCUT2D eigenvalue weighted by Gasteiger charge is 2.18. The molecule has 1 atom stereocenters. The fraction of sp³-hybridized carbons (Fsp3) is 0.364. The van der Waals surface area contributed by atoms with Crippen molar-refractivity contribution in [1.82, 2.24) is 0 Å². The third kappa shape index (κ3) is 3.23. The van der Waals surface area contributed by atoms with Crippen molar-refractivity contribution in [2.75, 3.05) is 6.61 Å². The number of rotatable bonds is 4. The molecule has 1 aliphatic heterocycles. The fourth-order valence-corrected chi connectivity index (χ4v) is 1.82. The summed E-state index contributed by atoms with van der Waals surface area (Å²) in [6.07, 6.45) is 1.86. The maximum absolute atomic E-state index is 5.56. The van der Waals surface area contributed by atoms with Crippen LogP contribution in [0.5, 0.6) is 5.75 Å². The molecule has 0 bridgehead atoms. The number of hydrogen-bond donors (Lipinski definition) is 0. The minimum Gasteiger partial charge on any atom is -0.493 e. The Morgan fingerprint density at radius 1 is 1.40 bits per heavy atom. The van der Waals surface area contributed by atoms with Crippen LogP contribution in [-0.4, -0.2) is 17.3 Å². The second kappa shape index (κ2) is 5.16. The van der Waals surface area contributed by atoms with E-state index < -0.39 is 0 Å². The van der Waals surface area contributed by atoms with Gasteiger partial charge >= 0.3 is 0 Å². The van der Waals surface area contributed by atoms with Gasteiger partial charge < -0.3 is 9.57 Å². The molecule has 0 saturated heterocycles. The van der Waals surface area contributed by atoms with E-state index in [-0.39, 0.29) is 6.10 Å². The van der Waals surface area contributed by atoms with E-state index in [4.69, 9.17) is 9.57 Å². The molecule has 2 rings (SSSR count). The molecule has 1 aromatic rings. The van der Waals surface area contributed by atoms with Crippen molar-refractivity contribution in [2.24, 2.45) is 5.16 Å². The molecule has 4 heteroatoms. The molecular weight excluding hydrogens is 258 g/mol. The minimum atomic E-state index is 0.156. The second-order valence-electron chi connectivity index (χ2n) is 3.35. The van der Waals surface area contributed by atoms with Gasteiger partial charge in [0.15, 0.2) is 0 Å². The molecule has 3 nitrogen and oxygen atoms in total. The summed E-state index contributed by atoms with van der Waals surface area (Å²) in [4.78, 5) is 5.16. The SMILES string of the molecule is BrC1=NO[C@H](CCOc2ccccc2)C1. The zero-order valence-electron chi connectivity index (χ0n) is 8.23. The normalized spacial score (nSPS) is 19.5.